The van der Waals surface area contributed by atoms with E-state index in [0.717, 1.165) is 22.6 Å². The third-order valence-corrected chi connectivity index (χ3v) is 4.16. The Kier molecular flexibility index (Phi) is 8.42. The van der Waals surface area contributed by atoms with Gasteiger partial charge in [-0.2, -0.15) is 0 Å². The van der Waals surface area contributed by atoms with Gasteiger partial charge in [0.15, 0.2) is 0 Å². The second kappa shape index (κ2) is 11.2. The number of hydrogen-bond acceptors (Lipinski definition) is 6. The first kappa shape index (κ1) is 22.5. The Morgan fingerprint density at radius 3 is 2.13 bits per heavy atom. The second-order valence-corrected chi connectivity index (χ2v) is 6.46. The zero-order valence-corrected chi connectivity index (χ0v) is 16.1. The van der Waals surface area contributed by atoms with Crippen molar-refractivity contribution in [2.45, 2.75) is 18.9 Å². The molecule has 0 unspecified atom stereocenters. The van der Waals surface area contributed by atoms with Crippen LogP contribution in [0.3, 0.4) is 0 Å². The van der Waals surface area contributed by atoms with Crippen LogP contribution >= 0.6 is 0 Å². The van der Waals surface area contributed by atoms with Crippen molar-refractivity contribution in [3.05, 3.63) is 48.0 Å². The van der Waals surface area contributed by atoms with E-state index in [-0.39, 0.29) is 26.1 Å². The van der Waals surface area contributed by atoms with E-state index >= 15 is 0 Å². The summed E-state index contributed by atoms with van der Waals surface area (Å²) in [6.07, 6.45) is 3.05. The fraction of sp³-hybridized carbons (Fsp3) is 0.300. The number of aldehydes is 1. The Balaban J connectivity index is 1.63. The minimum atomic E-state index is -0.720. The van der Waals surface area contributed by atoms with Crippen molar-refractivity contribution in [2.75, 3.05) is 19.6 Å². The largest absolute Gasteiger partial charge is 0.347 e. The Labute approximate surface area is 172 Å². The van der Waals surface area contributed by atoms with Crippen LogP contribution in [0.15, 0.2) is 42.5 Å². The molecule has 1 heterocycles. The van der Waals surface area contributed by atoms with Gasteiger partial charge in [0.25, 0.3) is 11.8 Å². The number of carbonyl (C=O) groups is 6. The summed E-state index contributed by atoms with van der Waals surface area (Å²) >= 11 is 0. The van der Waals surface area contributed by atoms with Crippen LogP contribution in [0.5, 0.6) is 0 Å². The molecule has 0 saturated carbocycles. The summed E-state index contributed by atoms with van der Waals surface area (Å²) in [5.41, 5.74) is 0.884. The number of nitrogens with zero attached hydrogens (tertiary/aromatic N) is 1. The van der Waals surface area contributed by atoms with Crippen LogP contribution in [0.2, 0.25) is 0 Å². The van der Waals surface area contributed by atoms with E-state index in [1.807, 2.05) is 30.3 Å². The van der Waals surface area contributed by atoms with Gasteiger partial charge in [0, 0.05) is 25.1 Å². The van der Waals surface area contributed by atoms with Gasteiger partial charge < -0.3 is 20.7 Å². The summed E-state index contributed by atoms with van der Waals surface area (Å²) in [5, 5.41) is 7.18. The van der Waals surface area contributed by atoms with Crippen molar-refractivity contribution >= 4 is 35.8 Å². The molecule has 1 aromatic rings. The molecule has 0 spiro atoms. The molecule has 30 heavy (non-hydrogen) atoms. The molecule has 2 rings (SSSR count). The fourth-order valence-corrected chi connectivity index (χ4v) is 2.63. The standard InChI is InChI=1S/C20H22N4O6/c25-13-15(10-14-4-2-1-3-5-14)23-18(28)12-22-17(27)11-21-16(26)8-9-24-19(29)6-7-20(24)30/h1-7,13,15H,8-12H2,(H,21,26)(H,22,27)(H,23,28)/t15-/m0/s1. The first-order chi connectivity index (χ1) is 14.4. The molecule has 1 aromatic carbocycles. The second-order valence-electron chi connectivity index (χ2n) is 6.46. The summed E-state index contributed by atoms with van der Waals surface area (Å²) < 4.78 is 0. The lowest BCUT2D eigenvalue weighted by molar-refractivity contribution is -0.137. The number of amides is 5. The number of hydrogen-bond donors (Lipinski definition) is 3. The van der Waals surface area contributed by atoms with Crippen molar-refractivity contribution in [1.82, 2.24) is 20.9 Å². The predicted molar refractivity (Wildman–Crippen MR) is 105 cm³/mol. The highest BCUT2D eigenvalue weighted by Crippen LogP contribution is 2.04. The minimum Gasteiger partial charge on any atom is -0.347 e. The third-order valence-electron chi connectivity index (χ3n) is 4.16. The summed E-state index contributed by atoms with van der Waals surface area (Å²) in [4.78, 5) is 70.2. The molecule has 0 bridgehead atoms. The number of carbonyl (C=O) groups excluding carboxylic acids is 6. The molecule has 5 amide bonds. The maximum Gasteiger partial charge on any atom is 0.253 e. The van der Waals surface area contributed by atoms with Gasteiger partial charge in [0.1, 0.15) is 6.29 Å². The molecule has 1 aliphatic heterocycles. The van der Waals surface area contributed by atoms with Crippen molar-refractivity contribution in [2.24, 2.45) is 0 Å². The van der Waals surface area contributed by atoms with Crippen LogP contribution in [-0.2, 0) is 35.2 Å². The average Bonchev–Trinajstić information content (AvgIpc) is 3.06. The van der Waals surface area contributed by atoms with Crippen molar-refractivity contribution < 1.29 is 28.8 Å². The number of imide groups is 1. The van der Waals surface area contributed by atoms with E-state index in [1.54, 1.807) is 0 Å². The highest BCUT2D eigenvalue weighted by Gasteiger charge is 2.23. The predicted octanol–water partition coefficient (Wildman–Crippen LogP) is -1.54. The summed E-state index contributed by atoms with van der Waals surface area (Å²) in [6, 6.07) is 8.44. The van der Waals surface area contributed by atoms with Crippen molar-refractivity contribution in [1.29, 1.82) is 0 Å². The van der Waals surface area contributed by atoms with Gasteiger partial charge in [-0.1, -0.05) is 30.3 Å². The molecule has 0 aromatic heterocycles. The molecule has 0 fully saturated rings. The van der Waals surface area contributed by atoms with E-state index in [2.05, 4.69) is 16.0 Å². The number of rotatable bonds is 11. The van der Waals surface area contributed by atoms with Crippen LogP contribution in [0, 0.1) is 0 Å². The first-order valence-electron chi connectivity index (χ1n) is 9.24. The first-order valence-corrected chi connectivity index (χ1v) is 9.24. The van der Waals surface area contributed by atoms with Gasteiger partial charge in [0.05, 0.1) is 19.1 Å². The van der Waals surface area contributed by atoms with Gasteiger partial charge in [-0.25, -0.2) is 0 Å². The van der Waals surface area contributed by atoms with E-state index in [4.69, 9.17) is 0 Å². The fourth-order valence-electron chi connectivity index (χ4n) is 2.63. The Hall–Kier alpha value is -3.82. The SMILES string of the molecule is O=C[C@H](Cc1ccccc1)NC(=O)CNC(=O)CNC(=O)CCN1C(=O)C=CC1=O. The topological polar surface area (TPSA) is 142 Å². The van der Waals surface area contributed by atoms with E-state index < -0.39 is 35.6 Å². The molecular weight excluding hydrogens is 392 g/mol. The van der Waals surface area contributed by atoms with Crippen LogP contribution in [0.4, 0.5) is 0 Å². The maximum absolute atomic E-state index is 11.9. The highest BCUT2D eigenvalue weighted by molar-refractivity contribution is 6.13. The quantitative estimate of drug-likeness (QED) is 0.296. The van der Waals surface area contributed by atoms with E-state index in [9.17, 15) is 28.8 Å². The molecule has 0 radical (unpaired) electrons. The van der Waals surface area contributed by atoms with Crippen molar-refractivity contribution in [3.8, 4) is 0 Å². The lowest BCUT2D eigenvalue weighted by Gasteiger charge is -2.14. The molecule has 10 heteroatoms. The Morgan fingerprint density at radius 1 is 0.900 bits per heavy atom. The number of benzene rings is 1. The van der Waals surface area contributed by atoms with Gasteiger partial charge in [-0.3, -0.25) is 28.9 Å². The zero-order valence-electron chi connectivity index (χ0n) is 16.1. The minimum absolute atomic E-state index is 0.0883. The number of nitrogens with one attached hydrogen (secondary N) is 3. The summed E-state index contributed by atoms with van der Waals surface area (Å²) in [6.45, 7) is -0.807. The zero-order chi connectivity index (χ0) is 21.9. The molecule has 0 aliphatic carbocycles. The highest BCUT2D eigenvalue weighted by atomic mass is 16.2. The molecule has 3 N–H and O–H groups in total. The van der Waals surface area contributed by atoms with Crippen LogP contribution in [-0.4, -0.2) is 66.4 Å². The van der Waals surface area contributed by atoms with E-state index in [1.165, 1.54) is 0 Å². The summed E-state index contributed by atoms with van der Waals surface area (Å²) in [7, 11) is 0. The average molecular weight is 414 g/mol. The molecule has 10 nitrogen and oxygen atoms in total. The molecule has 1 aliphatic rings. The normalized spacial score (nSPS) is 13.7. The lowest BCUT2D eigenvalue weighted by Crippen LogP contribution is -2.45. The van der Waals surface area contributed by atoms with Gasteiger partial charge in [0.2, 0.25) is 17.7 Å². The molecule has 158 valence electrons. The smallest absolute Gasteiger partial charge is 0.253 e. The maximum atomic E-state index is 11.9. The Bertz CT molecular complexity index is 834. The lowest BCUT2D eigenvalue weighted by atomic mass is 10.1. The third kappa shape index (κ3) is 7.30. The molecule has 1 atom stereocenters. The van der Waals surface area contributed by atoms with Gasteiger partial charge >= 0.3 is 0 Å². The van der Waals surface area contributed by atoms with Crippen LogP contribution < -0.4 is 16.0 Å². The summed E-state index contributed by atoms with van der Waals surface area (Å²) in [5.74, 6) is -2.64. The van der Waals surface area contributed by atoms with Crippen molar-refractivity contribution in [3.63, 3.8) is 0 Å². The van der Waals surface area contributed by atoms with Gasteiger partial charge in [-0.15, -0.1) is 0 Å². The van der Waals surface area contributed by atoms with Crippen LogP contribution in [0.1, 0.15) is 12.0 Å². The van der Waals surface area contributed by atoms with Crippen LogP contribution in [0.25, 0.3) is 0 Å². The molecular formula is C20H22N4O6. The Morgan fingerprint density at radius 2 is 1.50 bits per heavy atom. The van der Waals surface area contributed by atoms with E-state index in [0.29, 0.717) is 12.7 Å². The van der Waals surface area contributed by atoms with Gasteiger partial charge in [-0.05, 0) is 12.0 Å². The monoisotopic (exact) mass is 414 g/mol. The molecule has 0 saturated heterocycles.